The number of hydrogen-bond acceptors (Lipinski definition) is 4. The molecule has 2 fully saturated rings. The molecule has 6 heteroatoms. The van der Waals surface area contributed by atoms with E-state index in [0.29, 0.717) is 13.2 Å². The van der Waals surface area contributed by atoms with Gasteiger partial charge in [-0.25, -0.2) is 4.79 Å². The van der Waals surface area contributed by atoms with Gasteiger partial charge >= 0.3 is 6.09 Å². The molecular formula is C11H18N2O4. The fourth-order valence-corrected chi connectivity index (χ4v) is 2.12. The van der Waals surface area contributed by atoms with Gasteiger partial charge in [-0.1, -0.05) is 0 Å². The number of rotatable bonds is 1. The molecule has 0 unspecified atom stereocenters. The quantitative estimate of drug-likeness (QED) is 0.680. The topological polar surface area (TPSA) is 76.7 Å². The minimum Gasteiger partial charge on any atom is -0.444 e. The molecule has 6 nitrogen and oxygen atoms in total. The van der Waals surface area contributed by atoms with Gasteiger partial charge in [-0.05, 0) is 20.8 Å². The summed E-state index contributed by atoms with van der Waals surface area (Å²) in [5, 5.41) is 5.40. The molecule has 0 spiro atoms. The third kappa shape index (κ3) is 2.69. The fraction of sp³-hybridized carbons (Fsp3) is 0.818. The third-order valence-electron chi connectivity index (χ3n) is 2.84. The predicted molar refractivity (Wildman–Crippen MR) is 59.4 cm³/mol. The first kappa shape index (κ1) is 12.2. The number of fused-ring (bicyclic) bond motifs is 1. The molecule has 17 heavy (non-hydrogen) atoms. The maximum atomic E-state index is 11.7. The lowest BCUT2D eigenvalue weighted by atomic mass is 10.00. The molecule has 0 saturated carbocycles. The molecular weight excluding hydrogens is 224 g/mol. The molecule has 0 aromatic carbocycles. The standard InChI is InChI=1S/C11H18N2O4/c1-11(2,3)17-10(15)13-8-6-4-16-5-7(6)12-9(8)14/h6-8H,4-5H2,1-3H3,(H,12,14)(H,13,15)/t6-,7+,8+/m0/s1. The predicted octanol–water partition coefficient (Wildman–Crippen LogP) is 0.0245. The molecule has 2 aliphatic rings. The zero-order valence-corrected chi connectivity index (χ0v) is 10.3. The first-order valence-electron chi connectivity index (χ1n) is 5.74. The van der Waals surface area contributed by atoms with Crippen LogP contribution in [-0.4, -0.2) is 42.9 Å². The molecule has 2 aliphatic heterocycles. The highest BCUT2D eigenvalue weighted by atomic mass is 16.6. The summed E-state index contributed by atoms with van der Waals surface area (Å²) in [6.07, 6.45) is -0.565. The lowest BCUT2D eigenvalue weighted by Gasteiger charge is -2.22. The van der Waals surface area contributed by atoms with Gasteiger partial charge in [0.25, 0.3) is 0 Å². The van der Waals surface area contributed by atoms with E-state index in [1.165, 1.54) is 0 Å². The van der Waals surface area contributed by atoms with Crippen LogP contribution in [0.15, 0.2) is 0 Å². The molecule has 2 rings (SSSR count). The van der Waals surface area contributed by atoms with Crippen molar-refractivity contribution >= 4 is 12.0 Å². The summed E-state index contributed by atoms with van der Waals surface area (Å²) in [5.74, 6) is -0.149. The van der Waals surface area contributed by atoms with E-state index in [1.807, 2.05) is 0 Å². The highest BCUT2D eigenvalue weighted by Gasteiger charge is 2.46. The Balaban J connectivity index is 1.94. The van der Waals surface area contributed by atoms with Gasteiger partial charge in [-0.15, -0.1) is 0 Å². The van der Waals surface area contributed by atoms with Gasteiger partial charge in [-0.3, -0.25) is 4.79 Å². The van der Waals surface area contributed by atoms with Crippen LogP contribution in [0.3, 0.4) is 0 Å². The van der Waals surface area contributed by atoms with E-state index in [-0.39, 0.29) is 17.9 Å². The Bertz CT molecular complexity index is 337. The van der Waals surface area contributed by atoms with E-state index < -0.39 is 17.7 Å². The van der Waals surface area contributed by atoms with Crippen molar-refractivity contribution in [1.29, 1.82) is 0 Å². The molecule has 0 aromatic rings. The van der Waals surface area contributed by atoms with Crippen LogP contribution in [-0.2, 0) is 14.3 Å². The van der Waals surface area contributed by atoms with E-state index >= 15 is 0 Å². The highest BCUT2D eigenvalue weighted by Crippen LogP contribution is 2.24. The molecule has 96 valence electrons. The van der Waals surface area contributed by atoms with Gasteiger partial charge in [0.05, 0.1) is 19.3 Å². The number of carbonyl (C=O) groups is 2. The number of amides is 2. The van der Waals surface area contributed by atoms with Crippen LogP contribution in [0.1, 0.15) is 20.8 Å². The highest BCUT2D eigenvalue weighted by molar-refractivity contribution is 5.88. The molecule has 0 aliphatic carbocycles. The van der Waals surface area contributed by atoms with Crippen LogP contribution >= 0.6 is 0 Å². The third-order valence-corrected chi connectivity index (χ3v) is 2.84. The average Bonchev–Trinajstić information content (AvgIpc) is 2.67. The minimum atomic E-state index is -0.565. The Morgan fingerprint density at radius 3 is 2.82 bits per heavy atom. The summed E-state index contributed by atoms with van der Waals surface area (Å²) in [5.41, 5.74) is -0.565. The van der Waals surface area contributed by atoms with Crippen molar-refractivity contribution in [2.45, 2.75) is 38.5 Å². The van der Waals surface area contributed by atoms with Crippen LogP contribution in [0.25, 0.3) is 0 Å². The maximum Gasteiger partial charge on any atom is 0.408 e. The number of alkyl carbamates (subject to hydrolysis) is 1. The lowest BCUT2D eigenvalue weighted by Crippen LogP contribution is -2.46. The second kappa shape index (κ2) is 4.18. The van der Waals surface area contributed by atoms with E-state index in [4.69, 9.17) is 9.47 Å². The normalized spacial score (nSPS) is 31.9. The summed E-state index contributed by atoms with van der Waals surface area (Å²) < 4.78 is 10.4. The average molecular weight is 242 g/mol. The van der Waals surface area contributed by atoms with E-state index in [9.17, 15) is 9.59 Å². The van der Waals surface area contributed by atoms with Crippen LogP contribution in [0.5, 0.6) is 0 Å². The molecule has 3 atom stereocenters. The SMILES string of the molecule is CC(C)(C)OC(=O)N[C@H]1C(=O)N[C@@H]2COC[C@@H]21. The number of nitrogens with one attached hydrogen (secondary N) is 2. The van der Waals surface area contributed by atoms with Gasteiger partial charge in [0, 0.05) is 5.92 Å². The second-order valence-corrected chi connectivity index (χ2v) is 5.44. The monoisotopic (exact) mass is 242 g/mol. The fourth-order valence-electron chi connectivity index (χ4n) is 2.12. The molecule has 0 bridgehead atoms. The van der Waals surface area contributed by atoms with Crippen LogP contribution < -0.4 is 10.6 Å². The first-order valence-corrected chi connectivity index (χ1v) is 5.74. The van der Waals surface area contributed by atoms with Crippen molar-refractivity contribution in [3.63, 3.8) is 0 Å². The van der Waals surface area contributed by atoms with Crippen LogP contribution in [0, 0.1) is 5.92 Å². The first-order chi connectivity index (χ1) is 7.87. The summed E-state index contributed by atoms with van der Waals surface area (Å²) >= 11 is 0. The van der Waals surface area contributed by atoms with Crippen molar-refractivity contribution in [1.82, 2.24) is 10.6 Å². The van der Waals surface area contributed by atoms with E-state index in [0.717, 1.165) is 0 Å². The van der Waals surface area contributed by atoms with Crippen LogP contribution in [0.4, 0.5) is 4.79 Å². The van der Waals surface area contributed by atoms with E-state index in [1.54, 1.807) is 20.8 Å². The van der Waals surface area contributed by atoms with Gasteiger partial charge in [0.1, 0.15) is 11.6 Å². The minimum absolute atomic E-state index is 0.00928. The van der Waals surface area contributed by atoms with Crippen molar-refractivity contribution in [3.05, 3.63) is 0 Å². The smallest absolute Gasteiger partial charge is 0.408 e. The summed E-state index contributed by atoms with van der Waals surface area (Å²) in [7, 11) is 0. The number of ether oxygens (including phenoxy) is 2. The van der Waals surface area contributed by atoms with Gasteiger partial charge in [0.15, 0.2) is 0 Å². The number of hydrogen-bond donors (Lipinski definition) is 2. The summed E-state index contributed by atoms with van der Waals surface area (Å²) in [6.45, 7) is 6.35. The Hall–Kier alpha value is -1.30. The van der Waals surface area contributed by atoms with Crippen LogP contribution in [0.2, 0.25) is 0 Å². The molecule has 2 heterocycles. The van der Waals surface area contributed by atoms with Crippen molar-refractivity contribution in [2.75, 3.05) is 13.2 Å². The van der Waals surface area contributed by atoms with Crippen molar-refractivity contribution in [3.8, 4) is 0 Å². The van der Waals surface area contributed by atoms with Crippen molar-refractivity contribution < 1.29 is 19.1 Å². The van der Waals surface area contributed by atoms with Gasteiger partial charge in [0.2, 0.25) is 5.91 Å². The molecule has 2 amide bonds. The second-order valence-electron chi connectivity index (χ2n) is 5.44. The Morgan fingerprint density at radius 2 is 2.18 bits per heavy atom. The molecule has 2 saturated heterocycles. The lowest BCUT2D eigenvalue weighted by molar-refractivity contribution is -0.122. The number of carbonyl (C=O) groups excluding carboxylic acids is 2. The molecule has 0 aromatic heterocycles. The van der Waals surface area contributed by atoms with Crippen molar-refractivity contribution in [2.24, 2.45) is 5.92 Å². The molecule has 0 radical (unpaired) electrons. The van der Waals surface area contributed by atoms with Gasteiger partial charge < -0.3 is 20.1 Å². The zero-order chi connectivity index (χ0) is 12.6. The summed E-state index contributed by atoms with van der Waals surface area (Å²) in [6, 6.07) is -0.528. The Labute approximate surface area is 100 Å². The zero-order valence-electron chi connectivity index (χ0n) is 10.3. The largest absolute Gasteiger partial charge is 0.444 e. The van der Waals surface area contributed by atoms with E-state index in [2.05, 4.69) is 10.6 Å². The summed E-state index contributed by atoms with van der Waals surface area (Å²) in [4.78, 5) is 23.2. The Kier molecular flexibility index (Phi) is 2.99. The molecule has 2 N–H and O–H groups in total. The Morgan fingerprint density at radius 1 is 1.47 bits per heavy atom. The van der Waals surface area contributed by atoms with Gasteiger partial charge in [-0.2, -0.15) is 0 Å². The maximum absolute atomic E-state index is 11.7.